The van der Waals surface area contributed by atoms with E-state index in [1.165, 1.54) is 6.26 Å². The summed E-state index contributed by atoms with van der Waals surface area (Å²) in [6.45, 7) is 0.148. The zero-order chi connectivity index (χ0) is 15.2. The molecule has 0 radical (unpaired) electrons. The predicted molar refractivity (Wildman–Crippen MR) is 74.2 cm³/mol. The van der Waals surface area contributed by atoms with E-state index in [1.54, 1.807) is 38.5 Å². The Kier molecular flexibility index (Phi) is 4.68. The van der Waals surface area contributed by atoms with Gasteiger partial charge < -0.3 is 18.6 Å². The molecule has 1 amide bonds. The van der Waals surface area contributed by atoms with Crippen molar-refractivity contribution in [2.75, 3.05) is 14.2 Å². The predicted octanol–water partition coefficient (Wildman–Crippen LogP) is 1.48. The van der Waals surface area contributed by atoms with Crippen LogP contribution >= 0.6 is 0 Å². The molecule has 0 saturated carbocycles. The van der Waals surface area contributed by atoms with E-state index in [9.17, 15) is 4.79 Å². The van der Waals surface area contributed by atoms with E-state index in [1.807, 2.05) is 5.43 Å². The molecule has 7 heteroatoms. The number of nitrogens with one attached hydrogen (secondary N) is 1. The van der Waals surface area contributed by atoms with Gasteiger partial charge in [-0.25, -0.2) is 5.84 Å². The average Bonchev–Trinajstić information content (AvgIpc) is 3.00. The van der Waals surface area contributed by atoms with Gasteiger partial charge in [0.1, 0.15) is 23.9 Å². The zero-order valence-corrected chi connectivity index (χ0v) is 11.7. The first kappa shape index (κ1) is 14.7. The quantitative estimate of drug-likeness (QED) is 0.475. The molecular formula is C14H16N2O5. The van der Waals surface area contributed by atoms with Crippen molar-refractivity contribution >= 4 is 5.91 Å². The number of furan rings is 1. The molecule has 112 valence electrons. The first-order valence-corrected chi connectivity index (χ1v) is 6.11. The summed E-state index contributed by atoms with van der Waals surface area (Å²) in [5.74, 6) is 6.45. The molecule has 3 N–H and O–H groups in total. The highest BCUT2D eigenvalue weighted by Crippen LogP contribution is 2.28. The van der Waals surface area contributed by atoms with Crippen LogP contribution in [0.25, 0.3) is 0 Å². The molecule has 1 aromatic carbocycles. The van der Waals surface area contributed by atoms with E-state index in [-0.39, 0.29) is 12.4 Å². The van der Waals surface area contributed by atoms with E-state index in [2.05, 4.69) is 0 Å². The number of amides is 1. The molecule has 21 heavy (non-hydrogen) atoms. The maximum absolute atomic E-state index is 11.5. The third kappa shape index (κ3) is 3.46. The summed E-state index contributed by atoms with van der Waals surface area (Å²) >= 11 is 0. The molecule has 0 spiro atoms. The van der Waals surface area contributed by atoms with Crippen LogP contribution in [0.1, 0.15) is 16.1 Å². The first-order valence-electron chi connectivity index (χ1n) is 6.11. The monoisotopic (exact) mass is 292 g/mol. The summed E-state index contributed by atoms with van der Waals surface area (Å²) in [5, 5.41) is 0. The first-order chi connectivity index (χ1) is 10.2. The fourth-order valence-corrected chi connectivity index (χ4v) is 1.74. The maximum Gasteiger partial charge on any atom is 0.301 e. The van der Waals surface area contributed by atoms with Crippen LogP contribution in [-0.4, -0.2) is 20.1 Å². The topological polar surface area (TPSA) is 95.9 Å². The van der Waals surface area contributed by atoms with Gasteiger partial charge in [-0.1, -0.05) is 0 Å². The molecule has 0 bridgehead atoms. The lowest BCUT2D eigenvalue weighted by molar-refractivity contribution is 0.0922. The van der Waals surface area contributed by atoms with Crippen molar-refractivity contribution in [2.45, 2.75) is 6.61 Å². The number of nitrogen functional groups attached to an aromatic ring is 1. The Hall–Kier alpha value is -2.67. The summed E-state index contributed by atoms with van der Waals surface area (Å²) in [5.41, 5.74) is 2.60. The number of hydrogen-bond acceptors (Lipinski definition) is 6. The number of carbonyl (C=O) groups excluding carboxylic acids is 1. The van der Waals surface area contributed by atoms with Crippen molar-refractivity contribution in [3.8, 4) is 17.2 Å². The molecule has 0 fully saturated rings. The lowest BCUT2D eigenvalue weighted by atomic mass is 10.2. The molecular weight excluding hydrogens is 276 g/mol. The van der Waals surface area contributed by atoms with E-state index in [0.29, 0.717) is 22.8 Å². The molecule has 0 unspecified atom stereocenters. The number of nitrogens with two attached hydrogens (primary N) is 1. The van der Waals surface area contributed by atoms with Gasteiger partial charge in [0.2, 0.25) is 0 Å². The van der Waals surface area contributed by atoms with Crippen molar-refractivity contribution in [1.82, 2.24) is 5.43 Å². The minimum Gasteiger partial charge on any atom is -0.496 e. The van der Waals surface area contributed by atoms with E-state index < -0.39 is 5.91 Å². The summed E-state index contributed by atoms with van der Waals surface area (Å²) in [7, 11) is 3.11. The van der Waals surface area contributed by atoms with Crippen LogP contribution in [0.4, 0.5) is 0 Å². The number of benzene rings is 1. The molecule has 1 aromatic heterocycles. The highest BCUT2D eigenvalue weighted by Gasteiger charge is 2.15. The number of carbonyl (C=O) groups is 1. The van der Waals surface area contributed by atoms with Crippen molar-refractivity contribution < 1.29 is 23.4 Å². The lowest BCUT2D eigenvalue weighted by Gasteiger charge is -2.10. The van der Waals surface area contributed by atoms with E-state index in [0.717, 1.165) is 0 Å². The van der Waals surface area contributed by atoms with Crippen LogP contribution in [0.2, 0.25) is 0 Å². The molecule has 7 nitrogen and oxygen atoms in total. The Labute approximate surface area is 121 Å². The van der Waals surface area contributed by atoms with Crippen molar-refractivity contribution in [2.24, 2.45) is 5.84 Å². The molecule has 0 aliphatic carbocycles. The van der Waals surface area contributed by atoms with Gasteiger partial charge in [0.25, 0.3) is 0 Å². The maximum atomic E-state index is 11.5. The van der Waals surface area contributed by atoms with Crippen molar-refractivity contribution in [3.05, 3.63) is 41.9 Å². The smallest absolute Gasteiger partial charge is 0.301 e. The summed E-state index contributed by atoms with van der Waals surface area (Å²) < 4.78 is 21.0. The Morgan fingerprint density at radius 3 is 2.38 bits per heavy atom. The van der Waals surface area contributed by atoms with Crippen LogP contribution in [-0.2, 0) is 6.61 Å². The average molecular weight is 292 g/mol. The van der Waals surface area contributed by atoms with Crippen LogP contribution < -0.4 is 25.5 Å². The van der Waals surface area contributed by atoms with Crippen molar-refractivity contribution in [1.29, 1.82) is 0 Å². The van der Waals surface area contributed by atoms with Gasteiger partial charge in [-0.15, -0.1) is 0 Å². The Morgan fingerprint density at radius 1 is 1.19 bits per heavy atom. The number of hydrogen-bond donors (Lipinski definition) is 2. The number of rotatable bonds is 6. The van der Waals surface area contributed by atoms with E-state index >= 15 is 0 Å². The van der Waals surface area contributed by atoms with Gasteiger partial charge in [0, 0.05) is 23.8 Å². The normalized spacial score (nSPS) is 10.0. The SMILES string of the molecule is COc1cc(OC)cc(OCc2ccoc2C(=O)NN)c1. The van der Waals surface area contributed by atoms with Gasteiger partial charge in [-0.2, -0.15) is 0 Å². The number of hydrazine groups is 1. The summed E-state index contributed by atoms with van der Waals surface area (Å²) in [6, 6.07) is 6.80. The summed E-state index contributed by atoms with van der Waals surface area (Å²) in [4.78, 5) is 11.5. The van der Waals surface area contributed by atoms with Crippen LogP contribution in [0, 0.1) is 0 Å². The van der Waals surface area contributed by atoms with Crippen LogP contribution in [0.3, 0.4) is 0 Å². The fourth-order valence-electron chi connectivity index (χ4n) is 1.74. The Bertz CT molecular complexity index is 601. The van der Waals surface area contributed by atoms with Gasteiger partial charge in [0.05, 0.1) is 20.5 Å². The second kappa shape index (κ2) is 6.67. The van der Waals surface area contributed by atoms with Gasteiger partial charge in [-0.05, 0) is 6.07 Å². The third-order valence-corrected chi connectivity index (χ3v) is 2.80. The third-order valence-electron chi connectivity index (χ3n) is 2.80. The standard InChI is InChI=1S/C14H16N2O5/c1-18-10-5-11(19-2)7-12(6-10)21-8-9-3-4-20-13(9)14(17)16-15/h3-7H,8,15H2,1-2H3,(H,16,17). The lowest BCUT2D eigenvalue weighted by Crippen LogP contribution is -2.30. The second-order valence-electron chi connectivity index (χ2n) is 4.09. The number of methoxy groups -OCH3 is 2. The minimum atomic E-state index is -0.512. The molecule has 0 saturated heterocycles. The number of ether oxygens (including phenoxy) is 3. The Morgan fingerprint density at radius 2 is 1.81 bits per heavy atom. The highest BCUT2D eigenvalue weighted by molar-refractivity contribution is 5.92. The molecule has 0 aliphatic rings. The molecule has 2 aromatic rings. The largest absolute Gasteiger partial charge is 0.496 e. The van der Waals surface area contributed by atoms with Gasteiger partial charge in [0.15, 0.2) is 5.76 Å². The molecule has 0 atom stereocenters. The molecule has 0 aliphatic heterocycles. The molecule has 2 rings (SSSR count). The van der Waals surface area contributed by atoms with Crippen LogP contribution in [0.5, 0.6) is 17.2 Å². The minimum absolute atomic E-state index is 0.118. The fraction of sp³-hybridized carbons (Fsp3) is 0.214. The highest BCUT2D eigenvalue weighted by atomic mass is 16.5. The van der Waals surface area contributed by atoms with E-state index in [4.69, 9.17) is 24.5 Å². The van der Waals surface area contributed by atoms with Gasteiger partial charge in [-0.3, -0.25) is 10.2 Å². The zero-order valence-electron chi connectivity index (χ0n) is 11.7. The Balaban J connectivity index is 2.13. The second-order valence-corrected chi connectivity index (χ2v) is 4.09. The molecule has 1 heterocycles. The van der Waals surface area contributed by atoms with Crippen molar-refractivity contribution in [3.63, 3.8) is 0 Å². The van der Waals surface area contributed by atoms with Gasteiger partial charge >= 0.3 is 5.91 Å². The van der Waals surface area contributed by atoms with Crippen LogP contribution in [0.15, 0.2) is 34.9 Å². The summed E-state index contributed by atoms with van der Waals surface area (Å²) in [6.07, 6.45) is 1.40.